The summed E-state index contributed by atoms with van der Waals surface area (Å²) < 4.78 is 45.3. The lowest BCUT2D eigenvalue weighted by atomic mass is 10.2. The molecule has 1 aromatic rings. The van der Waals surface area contributed by atoms with Crippen molar-refractivity contribution in [3.8, 4) is 0 Å². The van der Waals surface area contributed by atoms with Crippen molar-refractivity contribution >= 4 is 33.9 Å². The van der Waals surface area contributed by atoms with Gasteiger partial charge in [0.1, 0.15) is 11.3 Å². The lowest BCUT2D eigenvalue weighted by Crippen LogP contribution is -2.35. The summed E-state index contributed by atoms with van der Waals surface area (Å²) in [5.74, 6) is 0. The number of hydrogen-bond acceptors (Lipinski definition) is 4. The van der Waals surface area contributed by atoms with Crippen LogP contribution >= 0.6 is 15.9 Å². The number of halogens is 4. The Morgan fingerprint density at radius 2 is 1.83 bits per heavy atom. The zero-order valence-corrected chi connectivity index (χ0v) is 14.8. The first-order chi connectivity index (χ1) is 10.9. The number of rotatable bonds is 4. The first-order valence-electron chi connectivity index (χ1n) is 6.77. The van der Waals surface area contributed by atoms with Gasteiger partial charge < -0.3 is 15.5 Å². The van der Waals surface area contributed by atoms with E-state index in [1.165, 1.54) is 6.07 Å². The molecule has 0 spiro atoms. The zero-order valence-electron chi connectivity index (χ0n) is 13.2. The molecule has 24 heavy (non-hydrogen) atoms. The molecular weight excluding hydrogens is 391 g/mol. The number of hydrogen-bond donors (Lipinski definition) is 3. The predicted molar refractivity (Wildman–Crippen MR) is 89.0 cm³/mol. The van der Waals surface area contributed by atoms with Gasteiger partial charge >= 0.3 is 12.3 Å². The normalized spacial score (nSPS) is 13.0. The number of para-hydroxylation sites is 1. The third-order valence-electron chi connectivity index (χ3n) is 2.47. The zero-order chi connectivity index (χ0) is 18.5. The summed E-state index contributed by atoms with van der Waals surface area (Å²) in [5, 5.41) is 11.3. The molecule has 0 aliphatic rings. The molecule has 0 unspecified atom stereocenters. The predicted octanol–water partition coefficient (Wildman–Crippen LogP) is 4.81. The molecule has 9 heteroatoms. The highest BCUT2D eigenvalue weighted by molar-refractivity contribution is 9.10. The van der Waals surface area contributed by atoms with Crippen LogP contribution in [0.2, 0.25) is 0 Å². The van der Waals surface area contributed by atoms with E-state index in [1.54, 1.807) is 39.0 Å². The van der Waals surface area contributed by atoms with Gasteiger partial charge in [0.25, 0.3) is 0 Å². The maximum atomic E-state index is 13.3. The Balaban J connectivity index is 3.19. The van der Waals surface area contributed by atoms with E-state index in [4.69, 9.17) is 10.1 Å². The molecule has 0 saturated carbocycles. The minimum absolute atomic E-state index is 0.134. The quantitative estimate of drug-likeness (QED) is 0.626. The molecule has 1 aromatic carbocycles. The van der Waals surface area contributed by atoms with Gasteiger partial charge in [-0.2, -0.15) is 13.2 Å². The molecule has 1 rings (SSSR count). The number of alkyl carbamates (subject to hydrolysis) is 1. The van der Waals surface area contributed by atoms with Gasteiger partial charge in [-0.3, -0.25) is 5.32 Å². The van der Waals surface area contributed by atoms with E-state index in [1.807, 2.05) is 5.32 Å². The largest absolute Gasteiger partial charge is 0.444 e. The van der Waals surface area contributed by atoms with Gasteiger partial charge in [0, 0.05) is 10.7 Å². The lowest BCUT2D eigenvalue weighted by Gasteiger charge is -2.22. The second-order valence-corrected chi connectivity index (χ2v) is 6.52. The Morgan fingerprint density at radius 1 is 1.25 bits per heavy atom. The number of carbonyl (C=O) groups is 1. The van der Waals surface area contributed by atoms with Crippen LogP contribution < -0.4 is 10.6 Å². The highest BCUT2D eigenvalue weighted by Gasteiger charge is 2.37. The van der Waals surface area contributed by atoms with E-state index in [0.29, 0.717) is 10.7 Å². The average molecular weight is 408 g/mol. The van der Waals surface area contributed by atoms with Crippen LogP contribution in [0.4, 0.5) is 23.7 Å². The molecule has 3 N–H and O–H groups in total. The van der Waals surface area contributed by atoms with Gasteiger partial charge in [-0.25, -0.2) is 4.79 Å². The maximum Gasteiger partial charge on any atom is 0.433 e. The van der Waals surface area contributed by atoms with Crippen molar-refractivity contribution in [1.82, 2.24) is 5.32 Å². The smallest absolute Gasteiger partial charge is 0.433 e. The van der Waals surface area contributed by atoms with E-state index in [0.717, 1.165) is 0 Å². The van der Waals surface area contributed by atoms with Crippen LogP contribution in [-0.4, -0.2) is 24.1 Å². The summed E-state index contributed by atoms with van der Waals surface area (Å²) in [6.45, 7) is 4.72. The van der Waals surface area contributed by atoms with Crippen LogP contribution in [0, 0.1) is 5.41 Å². The van der Waals surface area contributed by atoms with Gasteiger partial charge in [0.15, 0.2) is 0 Å². The number of ether oxygens (including phenoxy) is 1. The van der Waals surface area contributed by atoms with Crippen molar-refractivity contribution in [3.05, 3.63) is 40.1 Å². The third-order valence-corrected chi connectivity index (χ3v) is 3.16. The minimum Gasteiger partial charge on any atom is -0.444 e. The van der Waals surface area contributed by atoms with Crippen LogP contribution in [0.3, 0.4) is 0 Å². The number of benzene rings is 1. The summed E-state index contributed by atoms with van der Waals surface area (Å²) in [5.41, 5.74) is -2.79. The van der Waals surface area contributed by atoms with Crippen molar-refractivity contribution in [2.75, 3.05) is 5.32 Å². The molecule has 0 aliphatic carbocycles. The molecule has 0 bridgehead atoms. The number of anilines is 1. The molecule has 0 aliphatic heterocycles. The maximum absolute atomic E-state index is 13.3. The number of alkyl halides is 3. The van der Waals surface area contributed by atoms with Gasteiger partial charge in [-0.15, -0.1) is 0 Å². The fourth-order valence-electron chi connectivity index (χ4n) is 1.57. The Hall–Kier alpha value is -2.03. The average Bonchev–Trinajstić information content (AvgIpc) is 2.41. The summed E-state index contributed by atoms with van der Waals surface area (Å²) in [6.07, 6.45) is -5.51. The number of carbonyl (C=O) groups excluding carboxylic acids is 1. The first kappa shape index (κ1) is 20.0. The van der Waals surface area contributed by atoms with E-state index < -0.39 is 29.3 Å². The molecule has 0 aromatic heterocycles. The van der Waals surface area contributed by atoms with Crippen LogP contribution in [0.5, 0.6) is 0 Å². The molecule has 0 saturated heterocycles. The lowest BCUT2D eigenvalue weighted by molar-refractivity contribution is -0.0909. The highest BCUT2D eigenvalue weighted by Crippen LogP contribution is 2.31. The van der Waals surface area contributed by atoms with E-state index in [2.05, 4.69) is 21.2 Å². The standard InChI is InChI=1S/C15H17BrF3N3O2/c1-14(2,3)24-13(23)22-11(8-20)12(15(17,18)19)21-10-7-5-4-6-9(10)16/h4-8,20-21H,1-3H3,(H,22,23)/b12-11+,20-8?. The van der Waals surface area contributed by atoms with E-state index in [9.17, 15) is 18.0 Å². The number of nitrogens with one attached hydrogen (secondary N) is 3. The topological polar surface area (TPSA) is 74.2 Å². The second-order valence-electron chi connectivity index (χ2n) is 5.66. The van der Waals surface area contributed by atoms with Crippen LogP contribution in [-0.2, 0) is 4.74 Å². The second kappa shape index (κ2) is 7.69. The molecule has 0 fully saturated rings. The Morgan fingerprint density at radius 3 is 2.29 bits per heavy atom. The van der Waals surface area contributed by atoms with Crippen LogP contribution in [0.15, 0.2) is 40.1 Å². The molecule has 0 atom stereocenters. The monoisotopic (exact) mass is 407 g/mol. The number of amides is 1. The number of allylic oxidation sites excluding steroid dienone is 2. The minimum atomic E-state index is -4.82. The third kappa shape index (κ3) is 6.23. The Bertz CT molecular complexity index is 652. The van der Waals surface area contributed by atoms with Crippen molar-refractivity contribution in [2.24, 2.45) is 0 Å². The van der Waals surface area contributed by atoms with Gasteiger partial charge in [-0.1, -0.05) is 12.1 Å². The fourth-order valence-corrected chi connectivity index (χ4v) is 1.96. The Kier molecular flexibility index (Phi) is 6.42. The molecule has 132 valence electrons. The van der Waals surface area contributed by atoms with Crippen LogP contribution in [0.25, 0.3) is 0 Å². The van der Waals surface area contributed by atoms with E-state index in [-0.39, 0.29) is 5.69 Å². The van der Waals surface area contributed by atoms with E-state index >= 15 is 0 Å². The van der Waals surface area contributed by atoms with Crippen molar-refractivity contribution in [3.63, 3.8) is 0 Å². The van der Waals surface area contributed by atoms with Crippen LogP contribution in [0.1, 0.15) is 20.8 Å². The Labute approximate surface area is 145 Å². The summed E-state index contributed by atoms with van der Waals surface area (Å²) >= 11 is 3.13. The molecule has 0 radical (unpaired) electrons. The molecule has 0 heterocycles. The summed E-state index contributed by atoms with van der Waals surface area (Å²) in [4.78, 5) is 11.7. The fraction of sp³-hybridized carbons (Fsp3) is 0.333. The summed E-state index contributed by atoms with van der Waals surface area (Å²) in [7, 11) is 0. The van der Waals surface area contributed by atoms with Crippen molar-refractivity contribution in [1.29, 1.82) is 5.41 Å². The molecule has 1 amide bonds. The molecule has 5 nitrogen and oxygen atoms in total. The molecular formula is C15H17BrF3N3O2. The van der Waals surface area contributed by atoms with Gasteiger partial charge in [-0.05, 0) is 48.8 Å². The first-order valence-corrected chi connectivity index (χ1v) is 7.57. The van der Waals surface area contributed by atoms with Crippen molar-refractivity contribution in [2.45, 2.75) is 32.5 Å². The summed E-state index contributed by atoms with van der Waals surface area (Å²) in [6, 6.07) is 6.17. The SMILES string of the molecule is CC(C)(C)OC(=O)N/C(C=N)=C(/Nc1ccccc1Br)C(F)(F)F. The van der Waals surface area contributed by atoms with Gasteiger partial charge in [0.05, 0.1) is 11.4 Å². The van der Waals surface area contributed by atoms with Gasteiger partial charge in [0.2, 0.25) is 0 Å². The highest BCUT2D eigenvalue weighted by atomic mass is 79.9. The van der Waals surface area contributed by atoms with Crippen molar-refractivity contribution < 1.29 is 22.7 Å².